The first-order chi connectivity index (χ1) is 5.29. The Kier molecular flexibility index (Phi) is 1.38. The number of benzene rings is 1. The van der Waals surface area contributed by atoms with Crippen LogP contribution in [0.4, 0.5) is 5.69 Å². The summed E-state index contributed by atoms with van der Waals surface area (Å²) < 4.78 is 0. The minimum atomic E-state index is 0.773. The van der Waals surface area contributed by atoms with Crippen molar-refractivity contribution in [3.8, 4) is 0 Å². The molecular weight excluding hydrogens is 134 g/mol. The van der Waals surface area contributed by atoms with Crippen LogP contribution in [0.1, 0.15) is 29.9 Å². The maximum absolute atomic E-state index is 5.92. The van der Waals surface area contributed by atoms with Crippen molar-refractivity contribution >= 4 is 5.69 Å². The normalized spacial score (nSPS) is 16.8. The van der Waals surface area contributed by atoms with Gasteiger partial charge in [0, 0.05) is 5.69 Å². The molecule has 0 saturated heterocycles. The lowest BCUT2D eigenvalue weighted by molar-refractivity contribution is 1.13. The number of hydrogen-bond acceptors (Lipinski definition) is 1. The second kappa shape index (κ2) is 2.26. The van der Waals surface area contributed by atoms with E-state index in [2.05, 4.69) is 25.1 Å². The van der Waals surface area contributed by atoms with E-state index >= 15 is 0 Å². The van der Waals surface area contributed by atoms with Crippen LogP contribution in [0.2, 0.25) is 0 Å². The summed E-state index contributed by atoms with van der Waals surface area (Å²) in [5.74, 6) is 0.773. The van der Waals surface area contributed by atoms with Crippen molar-refractivity contribution in [1.82, 2.24) is 0 Å². The number of aryl methyl sites for hydroxylation is 1. The average molecular weight is 147 g/mol. The molecule has 1 nitrogen and oxygen atoms in total. The quantitative estimate of drug-likeness (QED) is 0.607. The predicted molar refractivity (Wildman–Crippen MR) is 47.6 cm³/mol. The van der Waals surface area contributed by atoms with Gasteiger partial charge in [-0.25, -0.2) is 0 Å². The summed E-state index contributed by atoms with van der Waals surface area (Å²) in [5, 5.41) is 0. The highest BCUT2D eigenvalue weighted by Crippen LogP contribution is 2.43. The van der Waals surface area contributed by atoms with E-state index in [1.807, 2.05) is 0 Å². The van der Waals surface area contributed by atoms with Gasteiger partial charge in [-0.1, -0.05) is 18.2 Å². The highest BCUT2D eigenvalue weighted by molar-refractivity contribution is 5.55. The summed E-state index contributed by atoms with van der Waals surface area (Å²) >= 11 is 0. The number of nitrogen functional groups attached to an aromatic ring is 1. The lowest BCUT2D eigenvalue weighted by atomic mass is 10.1. The van der Waals surface area contributed by atoms with E-state index in [9.17, 15) is 0 Å². The lowest BCUT2D eigenvalue weighted by Crippen LogP contribution is -1.94. The van der Waals surface area contributed by atoms with Gasteiger partial charge in [-0.05, 0) is 36.8 Å². The van der Waals surface area contributed by atoms with Gasteiger partial charge in [0.05, 0.1) is 0 Å². The molecule has 1 aliphatic carbocycles. The van der Waals surface area contributed by atoms with Crippen molar-refractivity contribution in [1.29, 1.82) is 0 Å². The van der Waals surface area contributed by atoms with Crippen LogP contribution in [-0.2, 0) is 0 Å². The van der Waals surface area contributed by atoms with Crippen LogP contribution in [-0.4, -0.2) is 0 Å². The highest BCUT2D eigenvalue weighted by Gasteiger charge is 2.25. The monoisotopic (exact) mass is 147 g/mol. The van der Waals surface area contributed by atoms with Gasteiger partial charge in [-0.15, -0.1) is 0 Å². The molecule has 0 unspecified atom stereocenters. The molecule has 1 saturated carbocycles. The SMILES string of the molecule is Cc1cccc(C2CC2)c1N. The second-order valence-electron chi connectivity index (χ2n) is 3.35. The fraction of sp³-hybridized carbons (Fsp3) is 0.400. The predicted octanol–water partition coefficient (Wildman–Crippen LogP) is 2.45. The molecule has 0 spiro atoms. The zero-order chi connectivity index (χ0) is 7.84. The molecule has 58 valence electrons. The zero-order valence-electron chi connectivity index (χ0n) is 6.80. The molecule has 2 N–H and O–H groups in total. The number of para-hydroxylation sites is 1. The number of hydrogen-bond donors (Lipinski definition) is 1. The van der Waals surface area contributed by atoms with Gasteiger partial charge in [0.1, 0.15) is 0 Å². The van der Waals surface area contributed by atoms with Gasteiger partial charge < -0.3 is 5.73 Å². The van der Waals surface area contributed by atoms with Gasteiger partial charge >= 0.3 is 0 Å². The Bertz CT molecular complexity index is 274. The molecule has 0 aliphatic heterocycles. The summed E-state index contributed by atoms with van der Waals surface area (Å²) in [6, 6.07) is 6.32. The fourth-order valence-electron chi connectivity index (χ4n) is 1.45. The van der Waals surface area contributed by atoms with E-state index in [4.69, 9.17) is 5.73 Å². The second-order valence-corrected chi connectivity index (χ2v) is 3.35. The Morgan fingerprint density at radius 3 is 2.73 bits per heavy atom. The van der Waals surface area contributed by atoms with Crippen LogP contribution >= 0.6 is 0 Å². The molecule has 1 aromatic rings. The number of anilines is 1. The molecular formula is C10H13N. The summed E-state index contributed by atoms with van der Waals surface area (Å²) in [5.41, 5.74) is 9.52. The molecule has 0 aromatic heterocycles. The van der Waals surface area contributed by atoms with E-state index in [0.29, 0.717) is 0 Å². The standard InChI is InChI=1S/C10H13N/c1-7-3-2-4-9(10(7)11)8-5-6-8/h2-4,8H,5-6,11H2,1H3. The van der Waals surface area contributed by atoms with E-state index in [1.165, 1.54) is 24.0 Å². The van der Waals surface area contributed by atoms with Crippen LogP contribution in [0, 0.1) is 6.92 Å². The fourth-order valence-corrected chi connectivity index (χ4v) is 1.45. The first-order valence-electron chi connectivity index (χ1n) is 4.14. The number of nitrogens with two attached hydrogens (primary N) is 1. The highest BCUT2D eigenvalue weighted by atomic mass is 14.6. The van der Waals surface area contributed by atoms with E-state index in [1.54, 1.807) is 0 Å². The van der Waals surface area contributed by atoms with Crippen molar-refractivity contribution in [2.24, 2.45) is 0 Å². The van der Waals surface area contributed by atoms with E-state index < -0.39 is 0 Å². The van der Waals surface area contributed by atoms with E-state index in [0.717, 1.165) is 11.6 Å². The van der Waals surface area contributed by atoms with Gasteiger partial charge in [0.2, 0.25) is 0 Å². The third-order valence-electron chi connectivity index (χ3n) is 2.38. The Balaban J connectivity index is 2.45. The molecule has 1 aromatic carbocycles. The summed E-state index contributed by atoms with van der Waals surface area (Å²) in [4.78, 5) is 0. The number of rotatable bonds is 1. The van der Waals surface area contributed by atoms with Crippen LogP contribution in [0.25, 0.3) is 0 Å². The van der Waals surface area contributed by atoms with Crippen molar-refractivity contribution in [3.63, 3.8) is 0 Å². The average Bonchev–Trinajstić information content (AvgIpc) is 2.77. The van der Waals surface area contributed by atoms with Crippen molar-refractivity contribution in [2.75, 3.05) is 5.73 Å². The van der Waals surface area contributed by atoms with Crippen molar-refractivity contribution in [3.05, 3.63) is 29.3 Å². The molecule has 0 atom stereocenters. The molecule has 2 rings (SSSR count). The minimum absolute atomic E-state index is 0.773. The van der Waals surface area contributed by atoms with Crippen LogP contribution in [0.3, 0.4) is 0 Å². The Labute approximate surface area is 67.2 Å². The molecule has 0 bridgehead atoms. The Hall–Kier alpha value is -0.980. The molecule has 11 heavy (non-hydrogen) atoms. The van der Waals surface area contributed by atoms with Crippen LogP contribution in [0.15, 0.2) is 18.2 Å². The van der Waals surface area contributed by atoms with Crippen molar-refractivity contribution in [2.45, 2.75) is 25.7 Å². The van der Waals surface area contributed by atoms with Gasteiger partial charge in [0.15, 0.2) is 0 Å². The first kappa shape index (κ1) is 6.71. The van der Waals surface area contributed by atoms with Crippen molar-refractivity contribution < 1.29 is 0 Å². The molecule has 1 fully saturated rings. The largest absolute Gasteiger partial charge is 0.398 e. The molecule has 1 heteroatoms. The third kappa shape index (κ3) is 1.11. The molecule has 0 amide bonds. The van der Waals surface area contributed by atoms with Gasteiger partial charge in [-0.2, -0.15) is 0 Å². The van der Waals surface area contributed by atoms with Gasteiger partial charge in [-0.3, -0.25) is 0 Å². The summed E-state index contributed by atoms with van der Waals surface area (Å²) in [6.07, 6.45) is 2.65. The van der Waals surface area contributed by atoms with E-state index in [-0.39, 0.29) is 0 Å². The first-order valence-corrected chi connectivity index (χ1v) is 4.14. The minimum Gasteiger partial charge on any atom is -0.398 e. The summed E-state index contributed by atoms with van der Waals surface area (Å²) in [6.45, 7) is 2.07. The van der Waals surface area contributed by atoms with Crippen LogP contribution in [0.5, 0.6) is 0 Å². The smallest absolute Gasteiger partial charge is 0.0379 e. The third-order valence-corrected chi connectivity index (χ3v) is 2.38. The lowest BCUT2D eigenvalue weighted by Gasteiger charge is -2.05. The maximum atomic E-state index is 5.92. The topological polar surface area (TPSA) is 26.0 Å². The van der Waals surface area contributed by atoms with Crippen LogP contribution < -0.4 is 5.73 Å². The molecule has 1 aliphatic rings. The Morgan fingerprint density at radius 2 is 2.09 bits per heavy atom. The zero-order valence-corrected chi connectivity index (χ0v) is 6.80. The Morgan fingerprint density at radius 1 is 1.36 bits per heavy atom. The maximum Gasteiger partial charge on any atom is 0.0379 e. The molecule has 0 radical (unpaired) electrons. The van der Waals surface area contributed by atoms with Gasteiger partial charge in [0.25, 0.3) is 0 Å². The molecule has 0 heterocycles. The summed E-state index contributed by atoms with van der Waals surface area (Å²) in [7, 11) is 0.